The highest BCUT2D eigenvalue weighted by molar-refractivity contribution is 5.13. The summed E-state index contributed by atoms with van der Waals surface area (Å²) in [5.74, 6) is 2.04. The van der Waals surface area contributed by atoms with Crippen LogP contribution in [0, 0.1) is 0 Å². The van der Waals surface area contributed by atoms with Gasteiger partial charge in [0.25, 0.3) is 0 Å². The fourth-order valence-electron chi connectivity index (χ4n) is 2.08. The Morgan fingerprint density at radius 3 is 2.71 bits per heavy atom. The van der Waals surface area contributed by atoms with Crippen LogP contribution in [-0.4, -0.2) is 27.0 Å². The molecule has 2 heterocycles. The monoisotopic (exact) mass is 290 g/mol. The predicted octanol–water partition coefficient (Wildman–Crippen LogP) is 2.53. The number of hydrogen-bond acceptors (Lipinski definition) is 4. The second kappa shape index (κ2) is 6.45. The lowest BCUT2D eigenvalue weighted by atomic mass is 10.1. The minimum Gasteiger partial charge on any atom is -0.468 e. The van der Waals surface area contributed by atoms with Gasteiger partial charge in [0.05, 0.1) is 19.4 Å². The Bertz CT molecular complexity index is 565. The second-order valence-corrected chi connectivity index (χ2v) is 6.65. The fraction of sp³-hybridized carbons (Fsp3) is 0.562. The molecule has 0 saturated carbocycles. The summed E-state index contributed by atoms with van der Waals surface area (Å²) in [4.78, 5) is 6.54. The SMILES string of the molecule is CN(Cc1cc(CNC(C)(C)C)co1)Cc1nccn1C. The quantitative estimate of drug-likeness (QED) is 0.888. The number of hydrogen-bond donors (Lipinski definition) is 1. The van der Waals surface area contributed by atoms with Crippen LogP contribution in [0.3, 0.4) is 0 Å². The Morgan fingerprint density at radius 2 is 2.10 bits per heavy atom. The van der Waals surface area contributed by atoms with Crippen LogP contribution in [-0.2, 0) is 26.7 Å². The van der Waals surface area contributed by atoms with Gasteiger partial charge in [-0.2, -0.15) is 0 Å². The van der Waals surface area contributed by atoms with Gasteiger partial charge in [0.2, 0.25) is 0 Å². The zero-order chi connectivity index (χ0) is 15.5. The summed E-state index contributed by atoms with van der Waals surface area (Å²) in [6.45, 7) is 8.90. The summed E-state index contributed by atoms with van der Waals surface area (Å²) in [7, 11) is 4.09. The molecule has 5 nitrogen and oxygen atoms in total. The summed E-state index contributed by atoms with van der Waals surface area (Å²) >= 11 is 0. The van der Waals surface area contributed by atoms with E-state index >= 15 is 0 Å². The van der Waals surface area contributed by atoms with Crippen molar-refractivity contribution >= 4 is 0 Å². The van der Waals surface area contributed by atoms with E-state index in [0.29, 0.717) is 0 Å². The van der Waals surface area contributed by atoms with Crippen LogP contribution in [0.5, 0.6) is 0 Å². The summed E-state index contributed by atoms with van der Waals surface area (Å²) in [5.41, 5.74) is 1.30. The highest BCUT2D eigenvalue weighted by Crippen LogP contribution is 2.12. The van der Waals surface area contributed by atoms with Gasteiger partial charge in [0, 0.05) is 37.1 Å². The molecule has 0 fully saturated rings. The third-order valence-corrected chi connectivity index (χ3v) is 3.29. The molecule has 116 valence electrons. The molecule has 1 N–H and O–H groups in total. The first-order valence-electron chi connectivity index (χ1n) is 7.29. The molecule has 0 saturated heterocycles. The van der Waals surface area contributed by atoms with Gasteiger partial charge in [-0.3, -0.25) is 4.90 Å². The highest BCUT2D eigenvalue weighted by atomic mass is 16.3. The standard InChI is InChI=1S/C16H26N4O/c1-16(2,3)18-9-13-8-14(21-12-13)10-19(4)11-15-17-6-7-20(15)5/h6-8,12,18H,9-11H2,1-5H3. The maximum Gasteiger partial charge on any atom is 0.122 e. The van der Waals surface area contributed by atoms with Crippen molar-refractivity contribution < 1.29 is 4.42 Å². The van der Waals surface area contributed by atoms with Crippen LogP contribution < -0.4 is 5.32 Å². The van der Waals surface area contributed by atoms with E-state index in [4.69, 9.17) is 4.42 Å². The van der Waals surface area contributed by atoms with E-state index in [1.54, 1.807) is 0 Å². The summed E-state index contributed by atoms with van der Waals surface area (Å²) in [5, 5.41) is 3.46. The topological polar surface area (TPSA) is 46.2 Å². The highest BCUT2D eigenvalue weighted by Gasteiger charge is 2.11. The first-order chi connectivity index (χ1) is 9.83. The molecule has 0 aliphatic carbocycles. The lowest BCUT2D eigenvalue weighted by Gasteiger charge is -2.19. The molecule has 0 amide bonds. The van der Waals surface area contributed by atoms with Gasteiger partial charge in [-0.05, 0) is 33.9 Å². The van der Waals surface area contributed by atoms with Crippen LogP contribution in [0.2, 0.25) is 0 Å². The number of rotatable bonds is 6. The summed E-state index contributed by atoms with van der Waals surface area (Å²) < 4.78 is 7.68. The second-order valence-electron chi connectivity index (χ2n) is 6.65. The maximum atomic E-state index is 5.64. The average molecular weight is 290 g/mol. The van der Waals surface area contributed by atoms with Crippen LogP contribution >= 0.6 is 0 Å². The van der Waals surface area contributed by atoms with E-state index in [-0.39, 0.29) is 5.54 Å². The van der Waals surface area contributed by atoms with Crippen molar-refractivity contribution in [2.75, 3.05) is 7.05 Å². The van der Waals surface area contributed by atoms with Crippen molar-refractivity contribution in [3.63, 3.8) is 0 Å². The van der Waals surface area contributed by atoms with Crippen LogP contribution in [0.1, 0.15) is 37.9 Å². The van der Waals surface area contributed by atoms with E-state index in [1.165, 1.54) is 5.56 Å². The number of furan rings is 1. The van der Waals surface area contributed by atoms with Crippen molar-refractivity contribution in [3.8, 4) is 0 Å². The molecule has 2 aromatic heterocycles. The molecule has 5 heteroatoms. The third kappa shape index (κ3) is 5.02. The molecular weight excluding hydrogens is 264 g/mol. The molecule has 0 aromatic carbocycles. The van der Waals surface area contributed by atoms with Gasteiger partial charge < -0.3 is 14.3 Å². The van der Waals surface area contributed by atoms with Crippen molar-refractivity contribution in [1.82, 2.24) is 19.8 Å². The minimum atomic E-state index is 0.117. The molecule has 21 heavy (non-hydrogen) atoms. The van der Waals surface area contributed by atoms with Crippen molar-refractivity contribution in [2.24, 2.45) is 7.05 Å². The molecule has 0 spiro atoms. The van der Waals surface area contributed by atoms with Gasteiger partial charge in [-0.25, -0.2) is 4.98 Å². The molecule has 0 radical (unpaired) electrons. The Balaban J connectivity index is 1.86. The molecular formula is C16H26N4O. The van der Waals surface area contributed by atoms with Crippen molar-refractivity contribution in [3.05, 3.63) is 41.9 Å². The zero-order valence-corrected chi connectivity index (χ0v) is 13.7. The largest absolute Gasteiger partial charge is 0.468 e. The van der Waals surface area contributed by atoms with E-state index in [2.05, 4.69) is 49.1 Å². The van der Waals surface area contributed by atoms with Gasteiger partial charge in [-0.15, -0.1) is 0 Å². The van der Waals surface area contributed by atoms with Gasteiger partial charge in [-0.1, -0.05) is 0 Å². The summed E-state index contributed by atoms with van der Waals surface area (Å²) in [6, 6.07) is 2.12. The molecule has 0 bridgehead atoms. The number of aryl methyl sites for hydroxylation is 1. The Morgan fingerprint density at radius 1 is 1.33 bits per heavy atom. The third-order valence-electron chi connectivity index (χ3n) is 3.29. The van der Waals surface area contributed by atoms with Gasteiger partial charge >= 0.3 is 0 Å². The number of nitrogens with one attached hydrogen (secondary N) is 1. The van der Waals surface area contributed by atoms with Crippen LogP contribution in [0.25, 0.3) is 0 Å². The molecule has 2 aromatic rings. The van der Waals surface area contributed by atoms with Gasteiger partial charge in [0.15, 0.2) is 0 Å². The number of aromatic nitrogens is 2. The Kier molecular flexibility index (Phi) is 4.85. The fourth-order valence-corrected chi connectivity index (χ4v) is 2.08. The average Bonchev–Trinajstić information content (AvgIpc) is 2.96. The number of imidazole rings is 1. The molecule has 0 unspecified atom stereocenters. The van der Waals surface area contributed by atoms with Crippen LogP contribution in [0.15, 0.2) is 29.1 Å². The Labute approximate surface area is 127 Å². The zero-order valence-electron chi connectivity index (χ0n) is 13.7. The van der Waals surface area contributed by atoms with Gasteiger partial charge in [0.1, 0.15) is 11.6 Å². The molecule has 2 rings (SSSR count). The number of nitrogens with zero attached hydrogens (tertiary/aromatic N) is 3. The van der Waals surface area contributed by atoms with E-state index < -0.39 is 0 Å². The lowest BCUT2D eigenvalue weighted by molar-refractivity contribution is 0.278. The van der Waals surface area contributed by atoms with E-state index in [0.717, 1.165) is 31.2 Å². The minimum absolute atomic E-state index is 0.117. The molecule has 0 aliphatic rings. The first kappa shape index (κ1) is 15.8. The smallest absolute Gasteiger partial charge is 0.122 e. The normalized spacial score (nSPS) is 12.3. The van der Waals surface area contributed by atoms with Crippen LogP contribution in [0.4, 0.5) is 0 Å². The first-order valence-corrected chi connectivity index (χ1v) is 7.29. The molecule has 0 aliphatic heterocycles. The maximum absolute atomic E-state index is 5.64. The van der Waals surface area contributed by atoms with Crippen molar-refractivity contribution in [2.45, 2.75) is 45.9 Å². The van der Waals surface area contributed by atoms with E-state index in [9.17, 15) is 0 Å². The Hall–Kier alpha value is -1.59. The van der Waals surface area contributed by atoms with E-state index in [1.807, 2.05) is 30.3 Å². The lowest BCUT2D eigenvalue weighted by Crippen LogP contribution is -2.34. The summed E-state index contributed by atoms with van der Waals surface area (Å²) in [6.07, 6.45) is 5.63. The van der Waals surface area contributed by atoms with Crippen molar-refractivity contribution in [1.29, 1.82) is 0 Å². The predicted molar refractivity (Wildman–Crippen MR) is 83.7 cm³/mol. The molecule has 0 atom stereocenters.